The second-order valence-electron chi connectivity index (χ2n) is 5.58. The average molecular weight is 285 g/mol. The standard InChI is InChI=1S/C17H23N3O/c1-21-17-16(15-8-4-2-5-9-15)14-20(18-17)13-12-19-10-6-3-7-11-19/h2,4-5,8-9,14H,3,6-7,10-13H2,1H3. The molecule has 0 atom stereocenters. The fourth-order valence-corrected chi connectivity index (χ4v) is 2.91. The van der Waals surface area contributed by atoms with E-state index in [0.717, 1.165) is 24.2 Å². The topological polar surface area (TPSA) is 30.3 Å². The fourth-order valence-electron chi connectivity index (χ4n) is 2.91. The lowest BCUT2D eigenvalue weighted by atomic mass is 10.1. The molecule has 0 N–H and O–H groups in total. The van der Waals surface area contributed by atoms with Gasteiger partial charge in [-0.25, -0.2) is 0 Å². The van der Waals surface area contributed by atoms with Gasteiger partial charge in [0.05, 0.1) is 19.2 Å². The highest BCUT2D eigenvalue weighted by Gasteiger charge is 2.13. The minimum absolute atomic E-state index is 0.708. The number of hydrogen-bond acceptors (Lipinski definition) is 3. The number of benzene rings is 1. The molecule has 112 valence electrons. The van der Waals surface area contributed by atoms with E-state index in [2.05, 4.69) is 28.3 Å². The molecular formula is C17H23N3O. The van der Waals surface area contributed by atoms with Crippen molar-refractivity contribution in [3.63, 3.8) is 0 Å². The predicted octanol–water partition coefficient (Wildman–Crippen LogP) is 3.04. The Hall–Kier alpha value is -1.81. The first kappa shape index (κ1) is 14.1. The number of hydrogen-bond donors (Lipinski definition) is 0. The summed E-state index contributed by atoms with van der Waals surface area (Å²) < 4.78 is 7.44. The zero-order chi connectivity index (χ0) is 14.5. The molecule has 1 fully saturated rings. The molecule has 0 saturated carbocycles. The maximum atomic E-state index is 5.43. The van der Waals surface area contributed by atoms with Crippen molar-refractivity contribution in [3.8, 4) is 17.0 Å². The van der Waals surface area contributed by atoms with Crippen LogP contribution < -0.4 is 4.74 Å². The van der Waals surface area contributed by atoms with Gasteiger partial charge in [0.25, 0.3) is 0 Å². The Morgan fingerprint density at radius 2 is 1.81 bits per heavy atom. The van der Waals surface area contributed by atoms with Crippen molar-refractivity contribution in [1.82, 2.24) is 14.7 Å². The van der Waals surface area contributed by atoms with E-state index in [1.165, 1.54) is 32.4 Å². The minimum atomic E-state index is 0.708. The number of methoxy groups -OCH3 is 1. The van der Waals surface area contributed by atoms with Crippen LogP contribution in [0.15, 0.2) is 36.5 Å². The van der Waals surface area contributed by atoms with Gasteiger partial charge < -0.3 is 9.64 Å². The number of ether oxygens (including phenoxy) is 1. The molecule has 0 radical (unpaired) electrons. The molecule has 0 aliphatic carbocycles. The highest BCUT2D eigenvalue weighted by molar-refractivity contribution is 5.67. The predicted molar refractivity (Wildman–Crippen MR) is 84.5 cm³/mol. The Kier molecular flexibility index (Phi) is 4.55. The van der Waals surface area contributed by atoms with Crippen LogP contribution in [0.25, 0.3) is 11.1 Å². The molecule has 0 spiro atoms. The third kappa shape index (κ3) is 3.45. The van der Waals surface area contributed by atoms with Gasteiger partial charge in [-0.3, -0.25) is 4.68 Å². The van der Waals surface area contributed by atoms with Crippen molar-refractivity contribution in [2.24, 2.45) is 0 Å². The Morgan fingerprint density at radius 1 is 1.05 bits per heavy atom. The molecular weight excluding hydrogens is 262 g/mol. The van der Waals surface area contributed by atoms with Crippen LogP contribution in [0.3, 0.4) is 0 Å². The van der Waals surface area contributed by atoms with Gasteiger partial charge >= 0.3 is 0 Å². The Morgan fingerprint density at radius 3 is 2.52 bits per heavy atom. The molecule has 0 amide bonds. The van der Waals surface area contributed by atoms with E-state index in [0.29, 0.717) is 5.88 Å². The summed E-state index contributed by atoms with van der Waals surface area (Å²) in [5, 5.41) is 4.56. The molecule has 1 aromatic heterocycles. The molecule has 1 aliphatic rings. The summed E-state index contributed by atoms with van der Waals surface area (Å²) in [4.78, 5) is 2.53. The molecule has 1 aromatic carbocycles. The van der Waals surface area contributed by atoms with Gasteiger partial charge in [-0.2, -0.15) is 0 Å². The van der Waals surface area contributed by atoms with Crippen molar-refractivity contribution in [1.29, 1.82) is 0 Å². The Bertz CT molecular complexity index is 559. The van der Waals surface area contributed by atoms with Crippen LogP contribution in [0, 0.1) is 0 Å². The summed E-state index contributed by atoms with van der Waals surface area (Å²) in [6, 6.07) is 10.3. The molecule has 1 aliphatic heterocycles. The van der Waals surface area contributed by atoms with Crippen LogP contribution in [0.1, 0.15) is 19.3 Å². The zero-order valence-corrected chi connectivity index (χ0v) is 12.7. The van der Waals surface area contributed by atoms with Gasteiger partial charge in [-0.05, 0) is 31.5 Å². The summed E-state index contributed by atoms with van der Waals surface area (Å²) in [6.45, 7) is 4.44. The normalized spacial score (nSPS) is 16.0. The Labute approximate surface area is 126 Å². The lowest BCUT2D eigenvalue weighted by Crippen LogP contribution is -2.32. The van der Waals surface area contributed by atoms with Crippen LogP contribution >= 0.6 is 0 Å². The smallest absolute Gasteiger partial charge is 0.240 e. The van der Waals surface area contributed by atoms with Crippen LogP contribution in [-0.2, 0) is 6.54 Å². The van der Waals surface area contributed by atoms with Crippen molar-refractivity contribution in [2.75, 3.05) is 26.7 Å². The van der Waals surface area contributed by atoms with Crippen molar-refractivity contribution < 1.29 is 4.74 Å². The summed E-state index contributed by atoms with van der Waals surface area (Å²) in [5.74, 6) is 0.708. The van der Waals surface area contributed by atoms with Gasteiger partial charge in [0, 0.05) is 12.7 Å². The molecule has 4 heteroatoms. The second kappa shape index (κ2) is 6.76. The van der Waals surface area contributed by atoms with E-state index in [1.807, 2.05) is 22.9 Å². The lowest BCUT2D eigenvalue weighted by Gasteiger charge is -2.26. The first-order valence-corrected chi connectivity index (χ1v) is 7.76. The average Bonchev–Trinajstić information content (AvgIpc) is 2.98. The second-order valence-corrected chi connectivity index (χ2v) is 5.58. The van der Waals surface area contributed by atoms with Gasteiger partial charge in [0.2, 0.25) is 5.88 Å². The molecule has 0 unspecified atom stereocenters. The number of rotatable bonds is 5. The van der Waals surface area contributed by atoms with Crippen LogP contribution in [0.4, 0.5) is 0 Å². The van der Waals surface area contributed by atoms with Crippen molar-refractivity contribution in [2.45, 2.75) is 25.8 Å². The molecule has 3 rings (SSSR count). The largest absolute Gasteiger partial charge is 0.479 e. The van der Waals surface area contributed by atoms with Crippen molar-refractivity contribution in [3.05, 3.63) is 36.5 Å². The first-order chi connectivity index (χ1) is 10.4. The van der Waals surface area contributed by atoms with Gasteiger partial charge in [-0.1, -0.05) is 36.8 Å². The van der Waals surface area contributed by atoms with E-state index < -0.39 is 0 Å². The lowest BCUT2D eigenvalue weighted by molar-refractivity contribution is 0.217. The van der Waals surface area contributed by atoms with Gasteiger partial charge in [-0.15, -0.1) is 5.10 Å². The van der Waals surface area contributed by atoms with Gasteiger partial charge in [0.15, 0.2) is 0 Å². The number of aromatic nitrogens is 2. The molecule has 4 nitrogen and oxygen atoms in total. The van der Waals surface area contributed by atoms with E-state index in [-0.39, 0.29) is 0 Å². The van der Waals surface area contributed by atoms with E-state index in [4.69, 9.17) is 4.74 Å². The van der Waals surface area contributed by atoms with Crippen LogP contribution in [0.2, 0.25) is 0 Å². The minimum Gasteiger partial charge on any atom is -0.479 e. The number of likely N-dealkylation sites (tertiary alicyclic amines) is 1. The van der Waals surface area contributed by atoms with Crippen molar-refractivity contribution >= 4 is 0 Å². The third-order valence-corrected chi connectivity index (χ3v) is 4.10. The highest BCUT2D eigenvalue weighted by atomic mass is 16.5. The molecule has 21 heavy (non-hydrogen) atoms. The summed E-state index contributed by atoms with van der Waals surface area (Å²) in [7, 11) is 1.68. The van der Waals surface area contributed by atoms with E-state index in [1.54, 1.807) is 7.11 Å². The van der Waals surface area contributed by atoms with E-state index >= 15 is 0 Å². The monoisotopic (exact) mass is 285 g/mol. The zero-order valence-electron chi connectivity index (χ0n) is 12.7. The summed E-state index contributed by atoms with van der Waals surface area (Å²) in [5.41, 5.74) is 2.22. The summed E-state index contributed by atoms with van der Waals surface area (Å²) in [6.07, 6.45) is 6.14. The maximum absolute atomic E-state index is 5.43. The van der Waals surface area contributed by atoms with Crippen LogP contribution in [0.5, 0.6) is 5.88 Å². The maximum Gasteiger partial charge on any atom is 0.240 e. The Balaban J connectivity index is 1.70. The van der Waals surface area contributed by atoms with Gasteiger partial charge in [0.1, 0.15) is 0 Å². The summed E-state index contributed by atoms with van der Waals surface area (Å²) >= 11 is 0. The molecule has 1 saturated heterocycles. The number of nitrogens with zero attached hydrogens (tertiary/aromatic N) is 3. The quantitative estimate of drug-likeness (QED) is 0.846. The highest BCUT2D eigenvalue weighted by Crippen LogP contribution is 2.28. The molecule has 0 bridgehead atoms. The first-order valence-electron chi connectivity index (χ1n) is 7.76. The number of piperidine rings is 1. The third-order valence-electron chi connectivity index (χ3n) is 4.10. The SMILES string of the molecule is COc1nn(CCN2CCCCC2)cc1-c1ccccc1. The van der Waals surface area contributed by atoms with E-state index in [9.17, 15) is 0 Å². The van der Waals surface area contributed by atoms with Crippen LogP contribution in [-0.4, -0.2) is 41.4 Å². The fraction of sp³-hybridized carbons (Fsp3) is 0.471. The molecule has 2 aromatic rings. The molecule has 2 heterocycles.